The molecule has 0 fully saturated rings. The minimum absolute atomic E-state index is 0.121. The van der Waals surface area contributed by atoms with Crippen molar-refractivity contribution in [1.29, 1.82) is 0 Å². The second kappa shape index (κ2) is 7.72. The van der Waals surface area contributed by atoms with E-state index in [1.807, 2.05) is 46.3 Å². The van der Waals surface area contributed by atoms with Gasteiger partial charge >= 0.3 is 0 Å². The molecule has 0 radical (unpaired) electrons. The molecule has 0 saturated heterocycles. The van der Waals surface area contributed by atoms with Gasteiger partial charge in [-0.15, -0.1) is 21.5 Å². The van der Waals surface area contributed by atoms with E-state index in [2.05, 4.69) is 25.7 Å². The van der Waals surface area contributed by atoms with Gasteiger partial charge in [-0.2, -0.15) is 4.98 Å². The Balaban J connectivity index is 1.49. The van der Waals surface area contributed by atoms with Gasteiger partial charge in [0.2, 0.25) is 5.91 Å². The summed E-state index contributed by atoms with van der Waals surface area (Å²) in [7, 11) is 0. The number of benzene rings is 1. The zero-order chi connectivity index (χ0) is 18.6. The molecule has 4 aromatic rings. The van der Waals surface area contributed by atoms with Crippen molar-refractivity contribution < 1.29 is 9.32 Å². The highest BCUT2D eigenvalue weighted by atomic mass is 32.2. The van der Waals surface area contributed by atoms with Gasteiger partial charge in [0.25, 0.3) is 5.89 Å². The molecule has 1 amide bonds. The van der Waals surface area contributed by atoms with Crippen LogP contribution >= 0.6 is 23.1 Å². The molecule has 1 aromatic carbocycles. The average Bonchev–Trinajstić information content (AvgIpc) is 3.39. The molecule has 3 aromatic heterocycles. The van der Waals surface area contributed by atoms with E-state index in [9.17, 15) is 4.79 Å². The van der Waals surface area contributed by atoms with Crippen molar-refractivity contribution >= 4 is 34.7 Å². The summed E-state index contributed by atoms with van der Waals surface area (Å²) in [4.78, 5) is 16.6. The summed E-state index contributed by atoms with van der Waals surface area (Å²) in [5.41, 5.74) is 1.56. The summed E-state index contributed by atoms with van der Waals surface area (Å²) < 4.78 is 7.14. The molecule has 8 nitrogen and oxygen atoms in total. The van der Waals surface area contributed by atoms with E-state index in [0.29, 0.717) is 28.3 Å². The topological polar surface area (TPSA) is 98.7 Å². The van der Waals surface area contributed by atoms with Gasteiger partial charge in [0.05, 0.1) is 16.3 Å². The lowest BCUT2D eigenvalue weighted by atomic mass is 10.2. The van der Waals surface area contributed by atoms with Crippen LogP contribution in [0.2, 0.25) is 0 Å². The molecule has 0 spiro atoms. The zero-order valence-electron chi connectivity index (χ0n) is 14.2. The molecule has 0 atom stereocenters. The van der Waals surface area contributed by atoms with Crippen LogP contribution in [0.3, 0.4) is 0 Å². The molecule has 0 saturated carbocycles. The minimum Gasteiger partial charge on any atom is -0.333 e. The fraction of sp³-hybridized carbons (Fsp3) is 0.118. The fourth-order valence-electron chi connectivity index (χ4n) is 2.38. The first-order valence-electron chi connectivity index (χ1n) is 7.96. The Kier molecular flexibility index (Phi) is 4.99. The van der Waals surface area contributed by atoms with Gasteiger partial charge in [-0.25, -0.2) is 0 Å². The lowest BCUT2D eigenvalue weighted by Gasteiger charge is -2.08. The summed E-state index contributed by atoms with van der Waals surface area (Å²) in [5, 5.41) is 17.6. The van der Waals surface area contributed by atoms with E-state index in [-0.39, 0.29) is 5.91 Å². The summed E-state index contributed by atoms with van der Waals surface area (Å²) in [5.74, 6) is 1.48. The SMILES string of the molecule is CC(=O)Nc1cccc(-n2cnnc2SCc2noc(-c3cccs3)n2)c1. The lowest BCUT2D eigenvalue weighted by Crippen LogP contribution is -2.06. The van der Waals surface area contributed by atoms with Crippen LogP contribution in [-0.2, 0) is 10.5 Å². The molecule has 0 bridgehead atoms. The molecule has 0 unspecified atom stereocenters. The first-order valence-corrected chi connectivity index (χ1v) is 9.83. The van der Waals surface area contributed by atoms with E-state index in [0.717, 1.165) is 10.6 Å². The Morgan fingerprint density at radius 2 is 2.26 bits per heavy atom. The molecule has 1 N–H and O–H groups in total. The number of nitrogens with one attached hydrogen (secondary N) is 1. The summed E-state index contributed by atoms with van der Waals surface area (Å²) in [6.07, 6.45) is 1.63. The number of thioether (sulfide) groups is 1. The van der Waals surface area contributed by atoms with Crippen LogP contribution in [0.5, 0.6) is 0 Å². The maximum atomic E-state index is 11.3. The summed E-state index contributed by atoms with van der Waals surface area (Å²) in [6, 6.07) is 11.3. The van der Waals surface area contributed by atoms with Crippen molar-refractivity contribution in [1.82, 2.24) is 24.9 Å². The number of hydrogen-bond acceptors (Lipinski definition) is 8. The quantitative estimate of drug-likeness (QED) is 0.495. The number of anilines is 1. The van der Waals surface area contributed by atoms with Crippen molar-refractivity contribution in [3.05, 3.63) is 53.9 Å². The molecular weight excluding hydrogens is 384 g/mol. The molecule has 0 aliphatic rings. The van der Waals surface area contributed by atoms with Crippen LogP contribution in [0.15, 0.2) is 57.8 Å². The van der Waals surface area contributed by atoms with Crippen molar-refractivity contribution in [3.8, 4) is 16.5 Å². The van der Waals surface area contributed by atoms with Crippen LogP contribution in [0.25, 0.3) is 16.5 Å². The maximum Gasteiger partial charge on any atom is 0.268 e. The highest BCUT2D eigenvalue weighted by molar-refractivity contribution is 7.98. The molecule has 0 aliphatic heterocycles. The largest absolute Gasteiger partial charge is 0.333 e. The zero-order valence-corrected chi connectivity index (χ0v) is 15.8. The molecular formula is C17H14N6O2S2. The third kappa shape index (κ3) is 4.07. The third-order valence-corrected chi connectivity index (χ3v) is 5.29. The number of aromatic nitrogens is 5. The van der Waals surface area contributed by atoms with Gasteiger partial charge in [-0.1, -0.05) is 29.1 Å². The van der Waals surface area contributed by atoms with Crippen molar-refractivity contribution in [2.45, 2.75) is 17.8 Å². The second-order valence-corrected chi connectivity index (χ2v) is 7.39. The van der Waals surface area contributed by atoms with Crippen LogP contribution in [0.1, 0.15) is 12.7 Å². The molecule has 10 heteroatoms. The Morgan fingerprint density at radius 1 is 1.33 bits per heavy atom. The Labute approximate surface area is 162 Å². The Hall–Kier alpha value is -2.98. The van der Waals surface area contributed by atoms with E-state index >= 15 is 0 Å². The standard InChI is InChI=1S/C17H14N6O2S2/c1-11(24)19-12-4-2-5-13(8-12)23-10-18-21-17(23)27-9-15-20-16(25-22-15)14-6-3-7-26-14/h2-8,10H,9H2,1H3,(H,19,24). The molecule has 136 valence electrons. The number of carbonyl (C=O) groups excluding carboxylic acids is 1. The highest BCUT2D eigenvalue weighted by Crippen LogP contribution is 2.26. The molecule has 0 aliphatic carbocycles. The van der Waals surface area contributed by atoms with Crippen molar-refractivity contribution in [3.63, 3.8) is 0 Å². The van der Waals surface area contributed by atoms with Crippen LogP contribution in [0.4, 0.5) is 5.69 Å². The fourth-order valence-corrected chi connectivity index (χ4v) is 3.80. The Bertz CT molecular complexity index is 1060. The van der Waals surface area contributed by atoms with Crippen LogP contribution < -0.4 is 5.32 Å². The van der Waals surface area contributed by atoms with E-state index in [1.54, 1.807) is 17.7 Å². The van der Waals surface area contributed by atoms with Gasteiger partial charge in [0.1, 0.15) is 6.33 Å². The van der Waals surface area contributed by atoms with Crippen molar-refractivity contribution in [2.75, 3.05) is 5.32 Å². The second-order valence-electron chi connectivity index (χ2n) is 5.50. The summed E-state index contributed by atoms with van der Waals surface area (Å²) >= 11 is 3.00. The van der Waals surface area contributed by atoms with Gasteiger partial charge in [-0.05, 0) is 29.6 Å². The predicted octanol–water partition coefficient (Wildman–Crippen LogP) is 3.63. The monoisotopic (exact) mass is 398 g/mol. The molecule has 4 rings (SSSR count). The van der Waals surface area contributed by atoms with Gasteiger partial charge in [0, 0.05) is 12.6 Å². The summed E-state index contributed by atoms with van der Waals surface area (Å²) in [6.45, 7) is 1.47. The third-order valence-electron chi connectivity index (χ3n) is 3.49. The minimum atomic E-state index is -0.121. The number of nitrogens with zero attached hydrogens (tertiary/aromatic N) is 5. The van der Waals surface area contributed by atoms with Gasteiger partial charge in [0.15, 0.2) is 11.0 Å². The number of thiophene rings is 1. The average molecular weight is 398 g/mol. The lowest BCUT2D eigenvalue weighted by molar-refractivity contribution is -0.114. The molecule has 27 heavy (non-hydrogen) atoms. The maximum absolute atomic E-state index is 11.3. The predicted molar refractivity (Wildman–Crippen MR) is 103 cm³/mol. The van der Waals surface area contributed by atoms with Crippen LogP contribution in [0, 0.1) is 0 Å². The van der Waals surface area contributed by atoms with Gasteiger partial charge in [-0.3, -0.25) is 9.36 Å². The number of hydrogen-bond donors (Lipinski definition) is 1. The molecule has 3 heterocycles. The Morgan fingerprint density at radius 3 is 3.07 bits per heavy atom. The normalized spacial score (nSPS) is 10.9. The smallest absolute Gasteiger partial charge is 0.268 e. The van der Waals surface area contributed by atoms with Crippen LogP contribution in [-0.4, -0.2) is 30.8 Å². The van der Waals surface area contributed by atoms with E-state index < -0.39 is 0 Å². The highest BCUT2D eigenvalue weighted by Gasteiger charge is 2.13. The number of rotatable bonds is 6. The first kappa shape index (κ1) is 17.4. The first-order chi connectivity index (χ1) is 13.2. The van der Waals surface area contributed by atoms with E-state index in [4.69, 9.17) is 4.52 Å². The number of carbonyl (C=O) groups is 1. The number of amides is 1. The van der Waals surface area contributed by atoms with Gasteiger partial charge < -0.3 is 9.84 Å². The van der Waals surface area contributed by atoms with Crippen molar-refractivity contribution in [2.24, 2.45) is 0 Å². The van der Waals surface area contributed by atoms with E-state index in [1.165, 1.54) is 18.7 Å².